The number of aromatic nitrogens is 1. The number of ether oxygens (including phenoxy) is 2. The Morgan fingerprint density at radius 3 is 2.43 bits per heavy atom. The molecule has 0 spiro atoms. The summed E-state index contributed by atoms with van der Waals surface area (Å²) >= 11 is 0. The molecule has 0 saturated carbocycles. The number of nitrogens with one attached hydrogen (secondary N) is 2. The number of benzene rings is 2. The third-order valence-corrected chi connectivity index (χ3v) is 4.31. The summed E-state index contributed by atoms with van der Waals surface area (Å²) < 4.78 is 10.5. The second kappa shape index (κ2) is 8.43. The Kier molecular flexibility index (Phi) is 5.79. The van der Waals surface area contributed by atoms with Crippen molar-refractivity contribution < 1.29 is 14.3 Å². The van der Waals surface area contributed by atoms with E-state index in [1.165, 1.54) is 6.20 Å². The number of methoxy groups -OCH3 is 2. The molecule has 0 atom stereocenters. The molecule has 1 amide bonds. The van der Waals surface area contributed by atoms with Crippen LogP contribution in [-0.2, 0) is 0 Å². The van der Waals surface area contributed by atoms with Gasteiger partial charge < -0.3 is 20.1 Å². The van der Waals surface area contributed by atoms with Crippen LogP contribution in [0.4, 0.5) is 17.1 Å². The predicted molar refractivity (Wildman–Crippen MR) is 111 cm³/mol. The number of rotatable bonds is 6. The summed E-state index contributed by atoms with van der Waals surface area (Å²) in [5.74, 6) is 0.884. The molecular weight excluding hydrogens is 354 g/mol. The van der Waals surface area contributed by atoms with Crippen molar-refractivity contribution in [2.24, 2.45) is 0 Å². The first kappa shape index (κ1) is 19.2. The molecule has 0 unspecified atom stereocenters. The smallest absolute Gasteiger partial charge is 0.257 e. The van der Waals surface area contributed by atoms with Gasteiger partial charge in [0.1, 0.15) is 0 Å². The molecule has 28 heavy (non-hydrogen) atoms. The zero-order valence-corrected chi connectivity index (χ0v) is 16.4. The van der Waals surface area contributed by atoms with E-state index in [1.807, 2.05) is 13.8 Å². The lowest BCUT2D eigenvalue weighted by molar-refractivity contribution is 0.102. The van der Waals surface area contributed by atoms with Crippen LogP contribution in [0.5, 0.6) is 11.5 Å². The van der Waals surface area contributed by atoms with Gasteiger partial charge in [-0.25, -0.2) is 0 Å². The summed E-state index contributed by atoms with van der Waals surface area (Å²) in [6, 6.07) is 13.2. The number of hydrogen-bond donors (Lipinski definition) is 2. The van der Waals surface area contributed by atoms with Crippen LogP contribution in [0.3, 0.4) is 0 Å². The van der Waals surface area contributed by atoms with Gasteiger partial charge >= 0.3 is 0 Å². The third-order valence-electron chi connectivity index (χ3n) is 4.31. The number of carbonyl (C=O) groups excluding carboxylic acids is 1. The van der Waals surface area contributed by atoms with E-state index in [4.69, 9.17) is 9.47 Å². The summed E-state index contributed by atoms with van der Waals surface area (Å²) in [5, 5.41) is 6.18. The van der Waals surface area contributed by atoms with Crippen molar-refractivity contribution in [1.29, 1.82) is 0 Å². The molecule has 0 saturated heterocycles. The van der Waals surface area contributed by atoms with E-state index in [9.17, 15) is 4.79 Å². The molecule has 144 valence electrons. The van der Waals surface area contributed by atoms with Crippen molar-refractivity contribution >= 4 is 23.0 Å². The topological polar surface area (TPSA) is 72.5 Å². The maximum absolute atomic E-state index is 12.6. The Balaban J connectivity index is 1.78. The van der Waals surface area contributed by atoms with Crippen molar-refractivity contribution in [3.8, 4) is 11.5 Å². The molecule has 0 aliphatic heterocycles. The van der Waals surface area contributed by atoms with Crippen molar-refractivity contribution in [3.63, 3.8) is 0 Å². The van der Waals surface area contributed by atoms with Gasteiger partial charge in [-0.05, 0) is 49.2 Å². The lowest BCUT2D eigenvalue weighted by Gasteiger charge is -2.12. The van der Waals surface area contributed by atoms with E-state index in [0.29, 0.717) is 22.7 Å². The minimum absolute atomic E-state index is 0.260. The number of amides is 1. The molecule has 3 aromatic rings. The minimum Gasteiger partial charge on any atom is -0.493 e. The predicted octanol–water partition coefficient (Wildman–Crippen LogP) is 4.71. The van der Waals surface area contributed by atoms with Crippen LogP contribution in [0.15, 0.2) is 54.9 Å². The summed E-state index contributed by atoms with van der Waals surface area (Å²) in [6.45, 7) is 4.07. The van der Waals surface area contributed by atoms with Crippen LogP contribution in [-0.4, -0.2) is 25.1 Å². The van der Waals surface area contributed by atoms with E-state index in [2.05, 4.69) is 33.8 Å². The van der Waals surface area contributed by atoms with Crippen molar-refractivity contribution in [2.45, 2.75) is 13.8 Å². The fraction of sp³-hybridized carbons (Fsp3) is 0.182. The Bertz CT molecular complexity index is 1000. The van der Waals surface area contributed by atoms with Crippen molar-refractivity contribution in [2.75, 3.05) is 24.9 Å². The molecule has 0 aliphatic rings. The Hall–Kier alpha value is -3.54. The number of anilines is 3. The van der Waals surface area contributed by atoms with E-state index in [1.54, 1.807) is 44.7 Å². The molecule has 2 aromatic carbocycles. The van der Waals surface area contributed by atoms with Crippen LogP contribution in [0.1, 0.15) is 21.5 Å². The summed E-state index contributed by atoms with van der Waals surface area (Å²) in [4.78, 5) is 16.8. The summed E-state index contributed by atoms with van der Waals surface area (Å²) in [5.41, 5.74) is 5.06. The highest BCUT2D eigenvalue weighted by molar-refractivity contribution is 6.04. The third kappa shape index (κ3) is 4.40. The standard InChI is InChI=1S/C22H23N3O3/c1-14-5-6-15(2)19(9-14)24-18-10-16(12-23-13-18)22(26)25-17-7-8-20(27-3)21(11-17)28-4/h5-13,24H,1-4H3,(H,25,26). The van der Waals surface area contributed by atoms with Crippen LogP contribution in [0.2, 0.25) is 0 Å². The van der Waals surface area contributed by atoms with E-state index in [-0.39, 0.29) is 5.91 Å². The first-order chi connectivity index (χ1) is 13.5. The zero-order valence-electron chi connectivity index (χ0n) is 16.4. The SMILES string of the molecule is COc1ccc(NC(=O)c2cncc(Nc3cc(C)ccc3C)c2)cc1OC. The monoisotopic (exact) mass is 377 g/mol. The molecule has 3 rings (SSSR count). The molecule has 1 aromatic heterocycles. The summed E-state index contributed by atoms with van der Waals surface area (Å²) in [7, 11) is 3.12. The lowest BCUT2D eigenvalue weighted by Crippen LogP contribution is -2.12. The Labute approximate surface area is 164 Å². The largest absolute Gasteiger partial charge is 0.493 e. The molecule has 6 nitrogen and oxygen atoms in total. The molecule has 6 heteroatoms. The van der Waals surface area contributed by atoms with Gasteiger partial charge in [-0.3, -0.25) is 9.78 Å². The fourth-order valence-corrected chi connectivity index (χ4v) is 2.78. The van der Waals surface area contributed by atoms with Gasteiger partial charge in [-0.2, -0.15) is 0 Å². The van der Waals surface area contributed by atoms with Crippen LogP contribution < -0.4 is 20.1 Å². The molecular formula is C22H23N3O3. The quantitative estimate of drug-likeness (QED) is 0.651. The molecule has 0 bridgehead atoms. The fourth-order valence-electron chi connectivity index (χ4n) is 2.78. The van der Waals surface area contributed by atoms with Crippen LogP contribution >= 0.6 is 0 Å². The van der Waals surface area contributed by atoms with E-state index < -0.39 is 0 Å². The maximum Gasteiger partial charge on any atom is 0.257 e. The second-order valence-electron chi connectivity index (χ2n) is 6.43. The minimum atomic E-state index is -0.260. The van der Waals surface area contributed by atoms with Gasteiger partial charge in [-0.15, -0.1) is 0 Å². The molecule has 2 N–H and O–H groups in total. The Morgan fingerprint density at radius 2 is 1.68 bits per heavy atom. The Morgan fingerprint density at radius 1 is 0.893 bits per heavy atom. The van der Waals surface area contributed by atoms with E-state index >= 15 is 0 Å². The lowest BCUT2D eigenvalue weighted by atomic mass is 10.1. The average Bonchev–Trinajstić information content (AvgIpc) is 2.70. The van der Waals surface area contributed by atoms with Crippen LogP contribution in [0.25, 0.3) is 0 Å². The van der Waals surface area contributed by atoms with Gasteiger partial charge in [0, 0.05) is 23.6 Å². The number of pyridine rings is 1. The number of carbonyl (C=O) groups is 1. The zero-order chi connectivity index (χ0) is 20.1. The maximum atomic E-state index is 12.6. The summed E-state index contributed by atoms with van der Waals surface area (Å²) in [6.07, 6.45) is 3.22. The van der Waals surface area contributed by atoms with Crippen molar-refractivity contribution in [3.05, 3.63) is 71.5 Å². The first-order valence-corrected chi connectivity index (χ1v) is 8.83. The first-order valence-electron chi connectivity index (χ1n) is 8.83. The van der Waals surface area contributed by atoms with Gasteiger partial charge in [0.2, 0.25) is 0 Å². The van der Waals surface area contributed by atoms with Crippen molar-refractivity contribution in [1.82, 2.24) is 4.98 Å². The van der Waals surface area contributed by atoms with Gasteiger partial charge in [0.25, 0.3) is 5.91 Å². The molecule has 0 radical (unpaired) electrons. The normalized spacial score (nSPS) is 10.3. The van der Waals surface area contributed by atoms with Gasteiger partial charge in [-0.1, -0.05) is 12.1 Å². The highest BCUT2D eigenvalue weighted by Gasteiger charge is 2.11. The molecule has 0 fully saturated rings. The highest BCUT2D eigenvalue weighted by Crippen LogP contribution is 2.30. The van der Waals surface area contributed by atoms with Gasteiger partial charge in [0.15, 0.2) is 11.5 Å². The average molecular weight is 377 g/mol. The van der Waals surface area contributed by atoms with Crippen LogP contribution in [0, 0.1) is 13.8 Å². The number of hydrogen-bond acceptors (Lipinski definition) is 5. The van der Waals surface area contributed by atoms with E-state index in [0.717, 1.165) is 22.5 Å². The molecule has 0 aliphatic carbocycles. The highest BCUT2D eigenvalue weighted by atomic mass is 16.5. The second-order valence-corrected chi connectivity index (χ2v) is 6.43. The number of nitrogens with zero attached hydrogens (tertiary/aromatic N) is 1. The van der Waals surface area contributed by atoms with Gasteiger partial charge in [0.05, 0.1) is 31.7 Å². The number of aryl methyl sites for hydroxylation is 2. The molecule has 1 heterocycles.